The summed E-state index contributed by atoms with van der Waals surface area (Å²) in [7, 11) is -1.87. The molecule has 62 valence electrons. The molecular weight excluding hydrogens is 168 g/mol. The van der Waals surface area contributed by atoms with Crippen molar-refractivity contribution < 1.29 is 8.42 Å². The molecule has 0 aliphatic heterocycles. The minimum Gasteiger partial charge on any atom is -0.251 e. The molecule has 0 bridgehead atoms. The maximum Gasteiger partial charge on any atom is 0.214 e. The van der Waals surface area contributed by atoms with E-state index < -0.39 is 10.0 Å². The quantitative estimate of drug-likeness (QED) is 0.600. The first-order valence-corrected chi connectivity index (χ1v) is 4.54. The summed E-state index contributed by atoms with van der Waals surface area (Å²) in [6.07, 6.45) is 1.37. The summed E-state index contributed by atoms with van der Waals surface area (Å²) in [6, 6.07) is 0. The van der Waals surface area contributed by atoms with Crippen LogP contribution in [0.3, 0.4) is 0 Å². The first-order valence-electron chi connectivity index (χ1n) is 2.83. The smallest absolute Gasteiger partial charge is 0.214 e. The molecule has 0 radical (unpaired) electrons. The number of aromatic nitrogens is 3. The lowest BCUT2D eigenvalue weighted by atomic mass is 10.5. The highest BCUT2D eigenvalue weighted by Gasteiger charge is 2.08. The zero-order chi connectivity index (χ0) is 8.48. The molecular formula is C4H8N4O2S. The third-order valence-electron chi connectivity index (χ3n) is 1.16. The third kappa shape index (κ3) is 2.28. The maximum absolute atomic E-state index is 10.6. The van der Waals surface area contributed by atoms with Crippen molar-refractivity contribution in [3.8, 4) is 0 Å². The predicted octanol–water partition coefficient (Wildman–Crippen LogP) is -1.40. The van der Waals surface area contributed by atoms with Gasteiger partial charge >= 0.3 is 0 Å². The van der Waals surface area contributed by atoms with Gasteiger partial charge in [-0.3, -0.25) is 4.68 Å². The van der Waals surface area contributed by atoms with Crippen LogP contribution in [0.4, 0.5) is 0 Å². The molecule has 0 fully saturated rings. The van der Waals surface area contributed by atoms with E-state index in [0.29, 0.717) is 5.69 Å². The van der Waals surface area contributed by atoms with E-state index in [1.54, 1.807) is 7.05 Å². The van der Waals surface area contributed by atoms with Crippen LogP contribution in [0.15, 0.2) is 6.20 Å². The second-order valence-electron chi connectivity index (χ2n) is 2.16. The molecule has 0 atom stereocenters. The predicted molar refractivity (Wildman–Crippen MR) is 37.8 cm³/mol. The second-order valence-corrected chi connectivity index (χ2v) is 3.77. The molecule has 0 saturated heterocycles. The van der Waals surface area contributed by atoms with Crippen molar-refractivity contribution in [1.29, 1.82) is 0 Å². The Morgan fingerprint density at radius 1 is 1.73 bits per heavy atom. The van der Waals surface area contributed by atoms with E-state index in [0.717, 1.165) is 0 Å². The van der Waals surface area contributed by atoms with Gasteiger partial charge in [-0.2, -0.15) is 0 Å². The number of hydrogen-bond acceptors (Lipinski definition) is 4. The van der Waals surface area contributed by atoms with Crippen LogP contribution in [0.5, 0.6) is 0 Å². The number of rotatable bonds is 2. The van der Waals surface area contributed by atoms with Gasteiger partial charge in [0.25, 0.3) is 0 Å². The fraction of sp³-hybridized carbons (Fsp3) is 0.500. The average Bonchev–Trinajstić information content (AvgIpc) is 2.12. The Kier molecular flexibility index (Phi) is 1.92. The zero-order valence-electron chi connectivity index (χ0n) is 5.93. The Balaban J connectivity index is 2.89. The maximum atomic E-state index is 10.6. The summed E-state index contributed by atoms with van der Waals surface area (Å²) >= 11 is 0. The van der Waals surface area contributed by atoms with Crippen molar-refractivity contribution >= 4 is 10.0 Å². The van der Waals surface area contributed by atoms with Gasteiger partial charge in [0, 0.05) is 7.05 Å². The van der Waals surface area contributed by atoms with Crippen molar-refractivity contribution in [3.63, 3.8) is 0 Å². The lowest BCUT2D eigenvalue weighted by molar-refractivity contribution is 0.593. The Morgan fingerprint density at radius 2 is 2.36 bits per heavy atom. The normalized spacial score (nSPS) is 11.8. The fourth-order valence-electron chi connectivity index (χ4n) is 0.648. The van der Waals surface area contributed by atoms with Crippen LogP contribution in [-0.2, 0) is 22.8 Å². The number of nitrogens with two attached hydrogens (primary N) is 1. The second kappa shape index (κ2) is 2.59. The van der Waals surface area contributed by atoms with Gasteiger partial charge in [0.15, 0.2) is 0 Å². The molecule has 1 heterocycles. The molecule has 6 nitrogen and oxygen atoms in total. The molecule has 0 aliphatic rings. The van der Waals surface area contributed by atoms with Gasteiger partial charge in [-0.25, -0.2) is 13.6 Å². The molecule has 11 heavy (non-hydrogen) atoms. The highest BCUT2D eigenvalue weighted by molar-refractivity contribution is 7.88. The molecule has 0 aromatic carbocycles. The first kappa shape index (κ1) is 8.15. The summed E-state index contributed by atoms with van der Waals surface area (Å²) in [6.45, 7) is 0. The van der Waals surface area contributed by atoms with Crippen LogP contribution >= 0.6 is 0 Å². The van der Waals surface area contributed by atoms with E-state index in [4.69, 9.17) is 5.14 Å². The van der Waals surface area contributed by atoms with Crippen molar-refractivity contribution in [3.05, 3.63) is 11.9 Å². The zero-order valence-corrected chi connectivity index (χ0v) is 6.74. The average molecular weight is 176 g/mol. The largest absolute Gasteiger partial charge is 0.251 e. The van der Waals surface area contributed by atoms with Crippen LogP contribution in [0, 0.1) is 0 Å². The standard InChI is InChI=1S/C4H8N4O2S/c1-8-4(2-6-7-8)3-11(5,9)10/h2H,3H2,1H3,(H2,5,9,10). The number of aryl methyl sites for hydroxylation is 1. The van der Waals surface area contributed by atoms with Crippen molar-refractivity contribution in [2.24, 2.45) is 12.2 Å². The summed E-state index contributed by atoms with van der Waals surface area (Å²) in [5, 5.41) is 11.8. The monoisotopic (exact) mass is 176 g/mol. The highest BCUT2D eigenvalue weighted by Crippen LogP contribution is 1.97. The summed E-state index contributed by atoms with van der Waals surface area (Å²) in [5.41, 5.74) is 0.479. The SMILES string of the molecule is Cn1nncc1CS(N)(=O)=O. The van der Waals surface area contributed by atoms with E-state index in [1.807, 2.05) is 0 Å². The van der Waals surface area contributed by atoms with Gasteiger partial charge in [-0.05, 0) is 0 Å². The Bertz CT molecular complexity index is 341. The molecule has 0 amide bonds. The van der Waals surface area contributed by atoms with Crippen LogP contribution in [-0.4, -0.2) is 23.4 Å². The molecule has 1 aromatic heterocycles. The Hall–Kier alpha value is -0.950. The number of nitrogens with zero attached hydrogens (tertiary/aromatic N) is 3. The molecule has 0 unspecified atom stereocenters. The Morgan fingerprint density at radius 3 is 2.73 bits per heavy atom. The molecule has 0 aliphatic carbocycles. The topological polar surface area (TPSA) is 90.9 Å². The van der Waals surface area contributed by atoms with E-state index in [2.05, 4.69) is 10.3 Å². The molecule has 0 spiro atoms. The first-order chi connectivity index (χ1) is 4.99. The molecule has 1 aromatic rings. The van der Waals surface area contributed by atoms with E-state index in [9.17, 15) is 8.42 Å². The van der Waals surface area contributed by atoms with Gasteiger partial charge in [0.1, 0.15) is 5.75 Å². The van der Waals surface area contributed by atoms with E-state index >= 15 is 0 Å². The molecule has 1 rings (SSSR count). The Labute approximate surface area is 64.1 Å². The van der Waals surface area contributed by atoms with Gasteiger partial charge < -0.3 is 0 Å². The number of hydrogen-bond donors (Lipinski definition) is 1. The van der Waals surface area contributed by atoms with Gasteiger partial charge in [0.2, 0.25) is 10.0 Å². The number of sulfonamides is 1. The fourth-order valence-corrected chi connectivity index (χ4v) is 1.32. The third-order valence-corrected chi connectivity index (χ3v) is 1.86. The number of primary sulfonamides is 1. The van der Waals surface area contributed by atoms with Gasteiger partial charge in [0.05, 0.1) is 11.9 Å². The van der Waals surface area contributed by atoms with Crippen molar-refractivity contribution in [2.45, 2.75) is 5.75 Å². The minimum absolute atomic E-state index is 0.226. The minimum atomic E-state index is -3.47. The highest BCUT2D eigenvalue weighted by atomic mass is 32.2. The van der Waals surface area contributed by atoms with Crippen LogP contribution in [0.25, 0.3) is 0 Å². The van der Waals surface area contributed by atoms with Crippen molar-refractivity contribution in [1.82, 2.24) is 15.0 Å². The molecule has 2 N–H and O–H groups in total. The van der Waals surface area contributed by atoms with Crippen LogP contribution < -0.4 is 5.14 Å². The van der Waals surface area contributed by atoms with Gasteiger partial charge in [-0.15, -0.1) is 5.10 Å². The van der Waals surface area contributed by atoms with Crippen LogP contribution in [0.1, 0.15) is 5.69 Å². The van der Waals surface area contributed by atoms with Crippen molar-refractivity contribution in [2.75, 3.05) is 0 Å². The van der Waals surface area contributed by atoms with E-state index in [1.165, 1.54) is 10.9 Å². The molecule has 0 saturated carbocycles. The molecule has 7 heteroatoms. The lowest BCUT2D eigenvalue weighted by Gasteiger charge is -1.96. The lowest BCUT2D eigenvalue weighted by Crippen LogP contribution is -2.16. The van der Waals surface area contributed by atoms with Gasteiger partial charge in [-0.1, -0.05) is 5.21 Å². The summed E-state index contributed by atoms with van der Waals surface area (Å²) in [5.74, 6) is -0.226. The summed E-state index contributed by atoms with van der Waals surface area (Å²) in [4.78, 5) is 0. The van der Waals surface area contributed by atoms with E-state index in [-0.39, 0.29) is 5.75 Å². The van der Waals surface area contributed by atoms with Crippen LogP contribution in [0.2, 0.25) is 0 Å². The summed E-state index contributed by atoms with van der Waals surface area (Å²) < 4.78 is 22.5.